The average Bonchev–Trinajstić information content (AvgIpc) is 3.31. The molecule has 7 heteroatoms. The maximum Gasteiger partial charge on any atom is 0.407 e. The summed E-state index contributed by atoms with van der Waals surface area (Å²) in [4.78, 5) is 21.7. The Morgan fingerprint density at radius 1 is 1.35 bits per heavy atom. The fraction of sp³-hybridized carbons (Fsp3) is 0.579. The number of nitrogens with one attached hydrogen (secondary N) is 3. The lowest BCUT2D eigenvalue weighted by atomic mass is 9.97. The Balaban J connectivity index is 1.55. The molecule has 2 aliphatic rings. The smallest absolute Gasteiger partial charge is 0.407 e. The van der Waals surface area contributed by atoms with Gasteiger partial charge in [0, 0.05) is 19.1 Å². The highest BCUT2D eigenvalue weighted by atomic mass is 16.6. The third-order valence-corrected chi connectivity index (χ3v) is 5.18. The van der Waals surface area contributed by atoms with Crippen molar-refractivity contribution >= 4 is 12.4 Å². The number of hydrogen-bond acceptors (Lipinski definition) is 5. The Morgan fingerprint density at radius 3 is 2.81 bits per heavy atom. The second-order valence-corrected chi connectivity index (χ2v) is 6.99. The molecule has 0 aromatic heterocycles. The Kier molecular flexibility index (Phi) is 6.46. The molecule has 0 bridgehead atoms. The lowest BCUT2D eigenvalue weighted by molar-refractivity contribution is 0.0785. The second kappa shape index (κ2) is 9.00. The first-order valence-corrected chi connectivity index (χ1v) is 9.18. The summed E-state index contributed by atoms with van der Waals surface area (Å²) >= 11 is 0. The number of carbonyl (C=O) groups excluding carboxylic acids is 2. The Bertz CT molecular complexity index is 601. The monoisotopic (exact) mass is 362 g/mol. The van der Waals surface area contributed by atoms with Gasteiger partial charge in [-0.15, -0.1) is 0 Å². The number of methoxy groups -OCH3 is 1. The van der Waals surface area contributed by atoms with Crippen LogP contribution in [0.25, 0.3) is 0 Å². The summed E-state index contributed by atoms with van der Waals surface area (Å²) in [6.45, 7) is 3.13. The van der Waals surface area contributed by atoms with Gasteiger partial charge in [-0.05, 0) is 49.5 Å². The number of carbonyl (C=O) groups is 1. The van der Waals surface area contributed by atoms with Gasteiger partial charge >= 0.3 is 6.09 Å². The molecule has 0 aliphatic carbocycles. The average molecular weight is 362 g/mol. The summed E-state index contributed by atoms with van der Waals surface area (Å²) < 4.78 is 10.8. The lowest BCUT2D eigenvalue weighted by Gasteiger charge is -2.22. The minimum absolute atomic E-state index is 0.0457. The number of rotatable bonds is 7. The maximum absolute atomic E-state index is 12.2. The molecule has 4 atom stereocenters. The lowest BCUT2D eigenvalue weighted by Crippen LogP contribution is -2.41. The molecule has 1 aromatic rings. The van der Waals surface area contributed by atoms with Gasteiger partial charge in [-0.2, -0.15) is 0 Å². The zero-order valence-electron chi connectivity index (χ0n) is 15.1. The molecule has 0 saturated carbocycles. The van der Waals surface area contributed by atoms with Crippen molar-refractivity contribution in [1.29, 1.82) is 0 Å². The molecule has 142 valence electrons. The number of hydrogen-bond donors (Lipinski definition) is 3. The molecule has 4 N–H and O–H groups in total. The highest BCUT2D eigenvalue weighted by molar-refractivity contribution is 5.68. The fourth-order valence-corrected chi connectivity index (χ4v) is 3.61. The SMILES string of the molecule is COc1ccc(C[C@H]2NCC(C=[OH+])[C@H]2OC(=O)NC[C@@H]2CCNC2)cc1. The van der Waals surface area contributed by atoms with Crippen molar-refractivity contribution in [3.8, 4) is 5.75 Å². The summed E-state index contributed by atoms with van der Waals surface area (Å²) in [5.74, 6) is 1.06. The van der Waals surface area contributed by atoms with Crippen LogP contribution in [0.2, 0.25) is 0 Å². The molecule has 0 radical (unpaired) electrons. The highest BCUT2D eigenvalue weighted by Gasteiger charge is 2.40. The second-order valence-electron chi connectivity index (χ2n) is 6.99. The van der Waals surface area contributed by atoms with E-state index in [4.69, 9.17) is 9.47 Å². The number of ether oxygens (including phenoxy) is 2. The van der Waals surface area contributed by atoms with Crippen LogP contribution in [0.1, 0.15) is 12.0 Å². The van der Waals surface area contributed by atoms with Gasteiger partial charge in [0.1, 0.15) is 17.8 Å². The van der Waals surface area contributed by atoms with Crippen molar-refractivity contribution in [3.63, 3.8) is 0 Å². The van der Waals surface area contributed by atoms with E-state index in [1.807, 2.05) is 24.3 Å². The Hall–Kier alpha value is -2.12. The van der Waals surface area contributed by atoms with E-state index in [-0.39, 0.29) is 12.0 Å². The Labute approximate surface area is 153 Å². The van der Waals surface area contributed by atoms with Gasteiger partial charge in [-0.3, -0.25) is 4.79 Å². The minimum Gasteiger partial charge on any atom is -0.497 e. The molecule has 2 saturated heterocycles. The van der Waals surface area contributed by atoms with E-state index in [0.29, 0.717) is 25.4 Å². The number of benzene rings is 1. The molecular formula is C19H28N3O4+. The van der Waals surface area contributed by atoms with Crippen molar-refractivity contribution in [2.75, 3.05) is 33.3 Å². The van der Waals surface area contributed by atoms with Crippen LogP contribution in [-0.2, 0) is 11.2 Å². The van der Waals surface area contributed by atoms with Crippen molar-refractivity contribution in [3.05, 3.63) is 29.8 Å². The van der Waals surface area contributed by atoms with Crippen molar-refractivity contribution in [2.45, 2.75) is 25.0 Å². The molecule has 1 aromatic carbocycles. The predicted molar refractivity (Wildman–Crippen MR) is 99.2 cm³/mol. The molecule has 1 unspecified atom stereocenters. The molecule has 2 aliphatic heterocycles. The van der Waals surface area contributed by atoms with Gasteiger partial charge in [0.15, 0.2) is 0 Å². The molecule has 3 rings (SSSR count). The van der Waals surface area contributed by atoms with Gasteiger partial charge in [0.2, 0.25) is 0 Å². The van der Waals surface area contributed by atoms with Gasteiger partial charge < -0.3 is 25.4 Å². The molecule has 7 nitrogen and oxygen atoms in total. The Morgan fingerprint density at radius 2 is 2.15 bits per heavy atom. The molecule has 2 heterocycles. The summed E-state index contributed by atoms with van der Waals surface area (Å²) in [6.07, 6.45) is 2.08. The molecule has 26 heavy (non-hydrogen) atoms. The van der Waals surface area contributed by atoms with Gasteiger partial charge in [-0.1, -0.05) is 12.1 Å². The zero-order valence-corrected chi connectivity index (χ0v) is 15.1. The van der Waals surface area contributed by atoms with Crippen LogP contribution in [0.15, 0.2) is 24.3 Å². The fourth-order valence-electron chi connectivity index (χ4n) is 3.61. The van der Waals surface area contributed by atoms with Crippen molar-refractivity contribution in [2.24, 2.45) is 11.8 Å². The van der Waals surface area contributed by atoms with E-state index in [2.05, 4.69) is 16.0 Å². The van der Waals surface area contributed by atoms with Crippen LogP contribution in [0, 0.1) is 11.8 Å². The van der Waals surface area contributed by atoms with Crippen LogP contribution in [0.3, 0.4) is 0 Å². The minimum atomic E-state index is -0.419. The molecule has 1 amide bonds. The normalized spacial score (nSPS) is 27.9. The zero-order chi connectivity index (χ0) is 18.4. The summed E-state index contributed by atoms with van der Waals surface area (Å²) in [7, 11) is 1.64. The number of aldehydes is 1. The van der Waals surface area contributed by atoms with E-state index in [1.54, 1.807) is 7.11 Å². The predicted octanol–water partition coefficient (Wildman–Crippen LogP) is 0.705. The van der Waals surface area contributed by atoms with Crippen molar-refractivity contribution < 1.29 is 19.1 Å². The van der Waals surface area contributed by atoms with Crippen LogP contribution < -0.4 is 20.7 Å². The quantitative estimate of drug-likeness (QED) is 0.491. The maximum atomic E-state index is 12.2. The molecule has 0 spiro atoms. The van der Waals surface area contributed by atoms with E-state index in [0.717, 1.165) is 37.1 Å². The first-order valence-electron chi connectivity index (χ1n) is 9.18. The summed E-state index contributed by atoms with van der Waals surface area (Å²) in [6, 6.07) is 7.79. The number of amides is 1. The van der Waals surface area contributed by atoms with Gasteiger partial charge in [0.05, 0.1) is 7.11 Å². The number of alkyl carbamates (subject to hydrolysis) is 1. The third-order valence-electron chi connectivity index (χ3n) is 5.18. The summed E-state index contributed by atoms with van der Waals surface area (Å²) in [5, 5.41) is 9.48. The van der Waals surface area contributed by atoms with Crippen LogP contribution in [0.4, 0.5) is 4.79 Å². The molecule has 2 fully saturated rings. The standard InChI is InChI=1S/C19H27N3O4/c1-25-16-4-2-13(3-5-16)8-17-18(15(12-23)11-21-17)26-19(24)22-10-14-6-7-20-9-14/h2-5,12,14-15,17-18,20-21H,6-11H2,1H3,(H,22,24)/p+1/t14-,15?,17-,18-/m1/s1. The highest BCUT2D eigenvalue weighted by Crippen LogP contribution is 2.22. The van der Waals surface area contributed by atoms with E-state index < -0.39 is 12.2 Å². The van der Waals surface area contributed by atoms with Crippen LogP contribution in [-0.4, -0.2) is 62.6 Å². The van der Waals surface area contributed by atoms with Gasteiger partial charge in [0.25, 0.3) is 6.29 Å². The summed E-state index contributed by atoms with van der Waals surface area (Å²) in [5.41, 5.74) is 1.12. The van der Waals surface area contributed by atoms with Crippen LogP contribution >= 0.6 is 0 Å². The van der Waals surface area contributed by atoms with Crippen molar-refractivity contribution in [1.82, 2.24) is 16.0 Å². The van der Waals surface area contributed by atoms with E-state index in [9.17, 15) is 9.59 Å². The topological polar surface area (TPSA) is 93.0 Å². The third kappa shape index (κ3) is 4.74. The van der Waals surface area contributed by atoms with Crippen LogP contribution in [0.5, 0.6) is 5.75 Å². The van der Waals surface area contributed by atoms with E-state index in [1.165, 1.54) is 0 Å². The van der Waals surface area contributed by atoms with Gasteiger partial charge in [-0.25, -0.2) is 4.79 Å². The molecular weight excluding hydrogens is 334 g/mol. The first kappa shape index (κ1) is 18.7. The van der Waals surface area contributed by atoms with E-state index >= 15 is 0 Å². The first-order chi connectivity index (χ1) is 12.7. The largest absolute Gasteiger partial charge is 0.497 e.